The number of carbonyl (C=O) groups is 1. The molecule has 1 aliphatic rings. The maximum absolute atomic E-state index is 12.3. The number of hydrogen-bond acceptors (Lipinski definition) is 2. The summed E-state index contributed by atoms with van der Waals surface area (Å²) in [4.78, 5) is 12.3. The molecule has 1 heterocycles. The number of rotatable bonds is 5. The van der Waals surface area contributed by atoms with E-state index in [4.69, 9.17) is 4.74 Å². The highest BCUT2D eigenvalue weighted by Gasteiger charge is 2.40. The van der Waals surface area contributed by atoms with E-state index >= 15 is 0 Å². The van der Waals surface area contributed by atoms with E-state index in [9.17, 15) is 4.79 Å². The average molecular weight is 260 g/mol. The summed E-state index contributed by atoms with van der Waals surface area (Å²) >= 11 is 0. The molecule has 0 aromatic heterocycles. The van der Waals surface area contributed by atoms with Crippen LogP contribution in [-0.4, -0.2) is 18.0 Å². The predicted molar refractivity (Wildman–Crippen MR) is 77.1 cm³/mol. The van der Waals surface area contributed by atoms with Gasteiger partial charge in [0.15, 0.2) is 0 Å². The highest BCUT2D eigenvalue weighted by atomic mass is 16.5. The minimum Gasteiger partial charge on any atom is -0.375 e. The van der Waals surface area contributed by atoms with E-state index in [2.05, 4.69) is 26.0 Å². The van der Waals surface area contributed by atoms with E-state index in [0.717, 1.165) is 12.8 Å². The van der Waals surface area contributed by atoms with Crippen LogP contribution in [0.15, 0.2) is 30.3 Å². The topological polar surface area (TPSA) is 26.3 Å². The lowest BCUT2D eigenvalue weighted by atomic mass is 9.84. The normalized spacial score (nSPS) is 30.5. The second-order valence-corrected chi connectivity index (χ2v) is 5.74. The molecule has 0 saturated carbocycles. The van der Waals surface area contributed by atoms with E-state index in [1.807, 2.05) is 25.1 Å². The molecule has 0 N–H and O–H groups in total. The van der Waals surface area contributed by atoms with E-state index in [1.54, 1.807) is 0 Å². The van der Waals surface area contributed by atoms with Crippen molar-refractivity contribution in [3.63, 3.8) is 0 Å². The summed E-state index contributed by atoms with van der Waals surface area (Å²) in [5, 5.41) is 0. The number of carbonyl (C=O) groups excluding carboxylic acids is 1. The Morgan fingerprint density at radius 1 is 1.11 bits per heavy atom. The first-order valence-corrected chi connectivity index (χ1v) is 7.31. The summed E-state index contributed by atoms with van der Waals surface area (Å²) in [6.45, 7) is 6.23. The molecule has 4 atom stereocenters. The highest BCUT2D eigenvalue weighted by Crippen LogP contribution is 2.33. The second kappa shape index (κ2) is 6.33. The molecule has 2 nitrogen and oxygen atoms in total. The molecule has 1 saturated heterocycles. The zero-order valence-electron chi connectivity index (χ0n) is 12.1. The molecule has 4 unspecified atom stereocenters. The van der Waals surface area contributed by atoms with Crippen molar-refractivity contribution >= 4 is 5.78 Å². The fraction of sp³-hybridized carbons (Fsp3) is 0.588. The largest absolute Gasteiger partial charge is 0.375 e. The third-order valence-electron chi connectivity index (χ3n) is 4.35. The maximum atomic E-state index is 12.3. The molecule has 0 bridgehead atoms. The third-order valence-corrected chi connectivity index (χ3v) is 4.35. The minimum absolute atomic E-state index is 0.0780. The van der Waals surface area contributed by atoms with Gasteiger partial charge in [-0.3, -0.25) is 4.79 Å². The lowest BCUT2D eigenvalue weighted by molar-refractivity contribution is -0.125. The molecular formula is C17H24O2. The zero-order valence-corrected chi connectivity index (χ0v) is 12.1. The lowest BCUT2D eigenvalue weighted by Crippen LogP contribution is -2.26. The van der Waals surface area contributed by atoms with Crippen LogP contribution in [0.1, 0.15) is 39.2 Å². The van der Waals surface area contributed by atoms with E-state index in [0.29, 0.717) is 18.1 Å². The van der Waals surface area contributed by atoms with Crippen molar-refractivity contribution in [1.29, 1.82) is 0 Å². The molecule has 1 fully saturated rings. The Morgan fingerprint density at radius 2 is 1.79 bits per heavy atom. The van der Waals surface area contributed by atoms with Gasteiger partial charge in [0.1, 0.15) is 5.78 Å². The smallest absolute Gasteiger partial charge is 0.138 e. The molecular weight excluding hydrogens is 236 g/mol. The Labute approximate surface area is 116 Å². The van der Waals surface area contributed by atoms with Crippen LogP contribution >= 0.6 is 0 Å². The Morgan fingerprint density at radius 3 is 2.37 bits per heavy atom. The van der Waals surface area contributed by atoms with Crippen molar-refractivity contribution in [1.82, 2.24) is 0 Å². The van der Waals surface area contributed by atoms with Crippen LogP contribution in [0.5, 0.6) is 0 Å². The van der Waals surface area contributed by atoms with Crippen LogP contribution in [0.4, 0.5) is 0 Å². The van der Waals surface area contributed by atoms with Gasteiger partial charge in [-0.25, -0.2) is 0 Å². The van der Waals surface area contributed by atoms with Crippen molar-refractivity contribution in [2.45, 2.75) is 52.2 Å². The Hall–Kier alpha value is -1.15. The van der Waals surface area contributed by atoms with E-state index in [1.165, 1.54) is 5.56 Å². The fourth-order valence-corrected chi connectivity index (χ4v) is 3.10. The average Bonchev–Trinajstić information content (AvgIpc) is 2.64. The van der Waals surface area contributed by atoms with Crippen molar-refractivity contribution in [3.8, 4) is 0 Å². The lowest BCUT2D eigenvalue weighted by Gasteiger charge is -2.16. The minimum atomic E-state index is 0.0780. The van der Waals surface area contributed by atoms with Gasteiger partial charge in [-0.1, -0.05) is 37.3 Å². The van der Waals surface area contributed by atoms with E-state index < -0.39 is 0 Å². The summed E-state index contributed by atoms with van der Waals surface area (Å²) in [6, 6.07) is 10.4. The van der Waals surface area contributed by atoms with Gasteiger partial charge in [0.05, 0.1) is 12.2 Å². The first-order chi connectivity index (χ1) is 9.09. The van der Waals surface area contributed by atoms with Gasteiger partial charge in [0.25, 0.3) is 0 Å². The first kappa shape index (κ1) is 14.3. The van der Waals surface area contributed by atoms with Crippen molar-refractivity contribution in [2.24, 2.45) is 11.8 Å². The molecule has 2 rings (SSSR count). The van der Waals surface area contributed by atoms with Gasteiger partial charge in [-0.05, 0) is 38.2 Å². The Kier molecular flexibility index (Phi) is 4.76. The molecule has 19 heavy (non-hydrogen) atoms. The highest BCUT2D eigenvalue weighted by molar-refractivity contribution is 5.82. The molecule has 2 heteroatoms. The summed E-state index contributed by atoms with van der Waals surface area (Å²) in [7, 11) is 0. The van der Waals surface area contributed by atoms with Gasteiger partial charge < -0.3 is 4.74 Å². The number of Topliss-reactive ketones (excluding diaryl/α,β-unsaturated/α-hetero) is 1. The van der Waals surface area contributed by atoms with Crippen LogP contribution in [-0.2, 0) is 16.0 Å². The van der Waals surface area contributed by atoms with E-state index in [-0.39, 0.29) is 18.1 Å². The third kappa shape index (κ3) is 3.44. The number of ketones is 1. The number of hydrogen-bond donors (Lipinski definition) is 0. The summed E-state index contributed by atoms with van der Waals surface area (Å²) in [5.41, 5.74) is 1.31. The van der Waals surface area contributed by atoms with Gasteiger partial charge in [-0.2, -0.15) is 0 Å². The Bertz CT molecular complexity index is 413. The summed E-state index contributed by atoms with van der Waals surface area (Å²) < 4.78 is 5.75. The van der Waals surface area contributed by atoms with Crippen LogP contribution in [0.3, 0.4) is 0 Å². The van der Waals surface area contributed by atoms with Gasteiger partial charge in [0, 0.05) is 12.3 Å². The SMILES string of the molecule is CC1OC(C)C(C(=O)CCCc2ccccc2)C1C. The van der Waals surface area contributed by atoms with Crippen LogP contribution in [0, 0.1) is 11.8 Å². The van der Waals surface area contributed by atoms with Crippen LogP contribution < -0.4 is 0 Å². The summed E-state index contributed by atoms with van der Waals surface area (Å²) in [5.74, 6) is 0.810. The number of aryl methyl sites for hydroxylation is 1. The van der Waals surface area contributed by atoms with Gasteiger partial charge in [-0.15, -0.1) is 0 Å². The monoisotopic (exact) mass is 260 g/mol. The molecule has 0 radical (unpaired) electrons. The molecule has 104 valence electrons. The zero-order chi connectivity index (χ0) is 13.8. The standard InChI is InChI=1S/C17H24O2/c1-12-13(2)19-14(3)17(12)16(18)11-7-10-15-8-5-4-6-9-15/h4-6,8-9,12-14,17H,7,10-11H2,1-3H3. The quantitative estimate of drug-likeness (QED) is 0.808. The predicted octanol–water partition coefficient (Wildman–Crippen LogP) is 3.64. The molecule has 1 aliphatic heterocycles. The maximum Gasteiger partial charge on any atom is 0.138 e. The number of benzene rings is 1. The molecule has 1 aromatic rings. The fourth-order valence-electron chi connectivity index (χ4n) is 3.10. The van der Waals surface area contributed by atoms with Gasteiger partial charge >= 0.3 is 0 Å². The molecule has 0 aliphatic carbocycles. The van der Waals surface area contributed by atoms with Crippen molar-refractivity contribution < 1.29 is 9.53 Å². The van der Waals surface area contributed by atoms with Crippen molar-refractivity contribution in [2.75, 3.05) is 0 Å². The van der Waals surface area contributed by atoms with Crippen LogP contribution in [0.2, 0.25) is 0 Å². The number of ether oxygens (including phenoxy) is 1. The molecule has 0 spiro atoms. The Balaban J connectivity index is 1.82. The molecule has 1 aromatic carbocycles. The molecule has 0 amide bonds. The van der Waals surface area contributed by atoms with Gasteiger partial charge in [0.2, 0.25) is 0 Å². The summed E-state index contributed by atoms with van der Waals surface area (Å²) in [6.07, 6.45) is 2.88. The first-order valence-electron chi connectivity index (χ1n) is 7.31. The second-order valence-electron chi connectivity index (χ2n) is 5.74. The van der Waals surface area contributed by atoms with Crippen molar-refractivity contribution in [3.05, 3.63) is 35.9 Å². The van der Waals surface area contributed by atoms with Crippen LogP contribution in [0.25, 0.3) is 0 Å².